The Labute approximate surface area is 324 Å². The van der Waals surface area contributed by atoms with Gasteiger partial charge in [0.25, 0.3) is 0 Å². The molecule has 0 radical (unpaired) electrons. The largest absolute Gasteiger partial charge is 0.444 e. The fraction of sp³-hybridized carbons (Fsp3) is 0.650. The van der Waals surface area contributed by atoms with Crippen molar-refractivity contribution in [1.29, 1.82) is 0 Å². The van der Waals surface area contributed by atoms with E-state index in [0.717, 1.165) is 37.7 Å². The molecule has 15 nitrogen and oxygen atoms in total. The van der Waals surface area contributed by atoms with E-state index in [1.54, 1.807) is 56.7 Å². The first-order chi connectivity index (χ1) is 25.5. The standard InChI is InChI=1S/C40H60N8O7/c1-26(45(10)30-24-40(25-30)22-28(23-40)41-35(52)54-37(2,3)4)21-27-11-13-29(14-12-27)48-16-15-31(43-34(48)51)42-33(50)47-19-17-46(18-20-47)32(49)39(8,9)44-36(53)55-38(5,6)7/h11-16,26,28,30H,17-25H2,1-10H3,(H,41,52)(H,44,53)(H,42,43,50,51). The number of alkyl carbamates (subject to hydrolysis) is 2. The predicted octanol–water partition coefficient (Wildman–Crippen LogP) is 4.91. The second kappa shape index (κ2) is 15.8. The Kier molecular flexibility index (Phi) is 11.9. The van der Waals surface area contributed by atoms with Crippen LogP contribution in [0.3, 0.4) is 0 Å². The molecule has 1 aromatic carbocycles. The molecular formula is C40H60N8O7. The number of rotatable bonds is 9. The van der Waals surface area contributed by atoms with Crippen molar-refractivity contribution in [1.82, 2.24) is 34.9 Å². The van der Waals surface area contributed by atoms with Crippen LogP contribution in [-0.4, -0.2) is 116 Å². The van der Waals surface area contributed by atoms with Crippen molar-refractivity contribution in [2.45, 2.75) is 129 Å². The summed E-state index contributed by atoms with van der Waals surface area (Å²) in [5, 5.41) is 8.35. The number of nitrogens with zero attached hydrogens (tertiary/aromatic N) is 5. The summed E-state index contributed by atoms with van der Waals surface area (Å²) in [6.45, 7) is 17.4. The lowest BCUT2D eigenvalue weighted by atomic mass is 9.51. The maximum atomic E-state index is 13.2. The lowest BCUT2D eigenvalue weighted by Crippen LogP contribution is -2.61. The second-order valence-corrected chi connectivity index (χ2v) is 18.1. The Bertz CT molecular complexity index is 1770. The topological polar surface area (TPSA) is 167 Å². The molecule has 3 aliphatic rings. The molecule has 0 bridgehead atoms. The molecule has 2 heterocycles. The van der Waals surface area contributed by atoms with E-state index in [9.17, 15) is 24.0 Å². The third kappa shape index (κ3) is 10.8. The van der Waals surface area contributed by atoms with Crippen molar-refractivity contribution < 1.29 is 28.7 Å². The Balaban J connectivity index is 1.05. The molecule has 1 atom stereocenters. The van der Waals surface area contributed by atoms with Crippen molar-refractivity contribution in [3.8, 4) is 5.69 Å². The van der Waals surface area contributed by atoms with Gasteiger partial charge in [0.2, 0.25) is 5.91 Å². The molecule has 15 heteroatoms. The van der Waals surface area contributed by atoms with Gasteiger partial charge in [0.1, 0.15) is 22.6 Å². The van der Waals surface area contributed by atoms with Gasteiger partial charge in [-0.25, -0.2) is 19.2 Å². The average molecular weight is 765 g/mol. The summed E-state index contributed by atoms with van der Waals surface area (Å²) in [5.41, 5.74) is -0.735. The number of urea groups is 1. The number of anilines is 1. The van der Waals surface area contributed by atoms with Gasteiger partial charge >= 0.3 is 23.9 Å². The molecule has 2 saturated carbocycles. The van der Waals surface area contributed by atoms with Crippen LogP contribution >= 0.6 is 0 Å². The number of hydrogen-bond acceptors (Lipinski definition) is 9. The number of piperazine rings is 1. The van der Waals surface area contributed by atoms with Crippen LogP contribution in [0, 0.1) is 5.41 Å². The summed E-state index contributed by atoms with van der Waals surface area (Å²) in [6, 6.07) is 10.1. The van der Waals surface area contributed by atoms with Crippen molar-refractivity contribution >= 4 is 29.9 Å². The number of aromatic nitrogens is 2. The van der Waals surface area contributed by atoms with Gasteiger partial charge in [-0.3, -0.25) is 14.7 Å². The van der Waals surface area contributed by atoms with E-state index in [1.807, 2.05) is 45.0 Å². The fourth-order valence-corrected chi connectivity index (χ4v) is 7.74. The fourth-order valence-electron chi connectivity index (χ4n) is 7.74. The van der Waals surface area contributed by atoms with Crippen LogP contribution in [0.25, 0.3) is 5.69 Å². The highest BCUT2D eigenvalue weighted by Gasteiger charge is 2.54. The van der Waals surface area contributed by atoms with Crippen LogP contribution in [0.4, 0.5) is 20.2 Å². The number of likely N-dealkylation sites (N-methyl/N-ethyl adjacent to an activating group) is 1. The van der Waals surface area contributed by atoms with E-state index < -0.39 is 34.6 Å². The molecule has 1 unspecified atom stereocenters. The molecule has 2 aliphatic carbocycles. The quantitative estimate of drug-likeness (QED) is 0.322. The van der Waals surface area contributed by atoms with Crippen molar-refractivity contribution in [3.05, 3.63) is 52.6 Å². The van der Waals surface area contributed by atoms with E-state index >= 15 is 0 Å². The number of carbonyl (C=O) groups excluding carboxylic acids is 4. The summed E-state index contributed by atoms with van der Waals surface area (Å²) < 4.78 is 12.1. The molecule has 1 spiro atoms. The van der Waals surface area contributed by atoms with Crippen LogP contribution in [0.2, 0.25) is 0 Å². The maximum Gasteiger partial charge on any atom is 0.408 e. The Morgan fingerprint density at radius 3 is 1.98 bits per heavy atom. The van der Waals surface area contributed by atoms with Gasteiger partial charge in [0, 0.05) is 50.5 Å². The van der Waals surface area contributed by atoms with Crippen molar-refractivity contribution in [2.24, 2.45) is 5.41 Å². The first-order valence-corrected chi connectivity index (χ1v) is 19.3. The molecule has 5 amide bonds. The van der Waals surface area contributed by atoms with Gasteiger partial charge in [-0.1, -0.05) is 12.1 Å². The van der Waals surface area contributed by atoms with Gasteiger partial charge in [0.05, 0.1) is 5.69 Å². The average Bonchev–Trinajstić information content (AvgIpc) is 3.03. The number of carbonyl (C=O) groups is 4. The first-order valence-electron chi connectivity index (χ1n) is 19.3. The highest BCUT2D eigenvalue weighted by atomic mass is 16.6. The van der Waals surface area contributed by atoms with Gasteiger partial charge < -0.3 is 34.8 Å². The lowest BCUT2D eigenvalue weighted by molar-refractivity contribution is -0.138. The number of hydrogen-bond donors (Lipinski definition) is 3. The summed E-state index contributed by atoms with van der Waals surface area (Å²) in [6.07, 6.45) is 5.73. The van der Waals surface area contributed by atoms with Crippen molar-refractivity contribution in [2.75, 3.05) is 38.5 Å². The zero-order valence-corrected chi connectivity index (χ0v) is 34.2. The molecule has 5 rings (SSSR count). The van der Waals surface area contributed by atoms with Gasteiger partial charge in [-0.2, -0.15) is 4.98 Å². The normalized spacial score (nSPS) is 21.9. The van der Waals surface area contributed by atoms with Gasteiger partial charge in [-0.05, 0) is 131 Å². The van der Waals surface area contributed by atoms with E-state index in [2.05, 4.69) is 39.8 Å². The minimum atomic E-state index is -1.19. The smallest absolute Gasteiger partial charge is 0.408 e. The highest BCUT2D eigenvalue weighted by molar-refractivity contribution is 5.90. The molecule has 1 aromatic heterocycles. The predicted molar refractivity (Wildman–Crippen MR) is 209 cm³/mol. The Morgan fingerprint density at radius 2 is 1.42 bits per heavy atom. The Hall–Kier alpha value is -4.66. The van der Waals surface area contributed by atoms with Crippen LogP contribution in [-0.2, 0) is 20.7 Å². The van der Waals surface area contributed by atoms with Crippen LogP contribution in [0.5, 0.6) is 0 Å². The summed E-state index contributed by atoms with van der Waals surface area (Å²) in [7, 11) is 2.19. The molecule has 1 saturated heterocycles. The molecule has 3 fully saturated rings. The molecular weight excluding hydrogens is 704 g/mol. The highest BCUT2D eigenvalue weighted by Crippen LogP contribution is 2.57. The van der Waals surface area contributed by atoms with Crippen LogP contribution in [0.1, 0.15) is 93.6 Å². The molecule has 1 aliphatic heterocycles. The Morgan fingerprint density at radius 1 is 0.855 bits per heavy atom. The number of ether oxygens (including phenoxy) is 2. The SMILES string of the molecule is CC(Cc1ccc(-n2ccc(NC(=O)N3CCN(C(=O)C(C)(C)NC(=O)OC(C)(C)C)CC3)nc2=O)cc1)N(C)C1CC2(CC(NC(=O)OC(C)(C)C)C2)C1. The lowest BCUT2D eigenvalue weighted by Gasteiger charge is -2.60. The monoisotopic (exact) mass is 764 g/mol. The van der Waals surface area contributed by atoms with E-state index in [1.165, 1.54) is 4.57 Å². The number of nitrogens with one attached hydrogen (secondary N) is 3. The minimum Gasteiger partial charge on any atom is -0.444 e. The van der Waals surface area contributed by atoms with Crippen LogP contribution < -0.4 is 21.6 Å². The molecule has 55 heavy (non-hydrogen) atoms. The van der Waals surface area contributed by atoms with Gasteiger partial charge in [-0.15, -0.1) is 0 Å². The third-order valence-corrected chi connectivity index (χ3v) is 10.7. The van der Waals surface area contributed by atoms with E-state index in [4.69, 9.17) is 9.47 Å². The molecule has 2 aromatic rings. The first kappa shape index (κ1) is 41.5. The van der Waals surface area contributed by atoms with Crippen LogP contribution in [0.15, 0.2) is 41.3 Å². The molecule has 302 valence electrons. The number of amides is 5. The summed E-state index contributed by atoms with van der Waals surface area (Å²) in [4.78, 5) is 73.3. The van der Waals surface area contributed by atoms with Gasteiger partial charge in [0.15, 0.2) is 0 Å². The third-order valence-electron chi connectivity index (χ3n) is 10.7. The van der Waals surface area contributed by atoms with E-state index in [-0.39, 0.29) is 50.0 Å². The molecule has 3 N–H and O–H groups in total. The van der Waals surface area contributed by atoms with E-state index in [0.29, 0.717) is 23.2 Å². The number of benzene rings is 1. The maximum absolute atomic E-state index is 13.2. The summed E-state index contributed by atoms with van der Waals surface area (Å²) >= 11 is 0. The summed E-state index contributed by atoms with van der Waals surface area (Å²) in [5.74, 6) is -0.143. The minimum absolute atomic E-state index is 0.135. The second-order valence-electron chi connectivity index (χ2n) is 18.1. The zero-order chi connectivity index (χ0) is 40.5. The zero-order valence-electron chi connectivity index (χ0n) is 34.2. The van der Waals surface area contributed by atoms with Crippen molar-refractivity contribution in [3.63, 3.8) is 0 Å².